The summed E-state index contributed by atoms with van der Waals surface area (Å²) >= 11 is 6.44. The second-order valence-corrected chi connectivity index (χ2v) is 12.0. The molecule has 3 fully saturated rings. The number of carbonyl (C=O) groups excluding carboxylic acids is 3. The average molecular weight is 649 g/mol. The lowest BCUT2D eigenvalue weighted by atomic mass is 9.94. The maximum atomic E-state index is 13.7. The highest BCUT2D eigenvalue weighted by molar-refractivity contribution is 6.34. The van der Waals surface area contributed by atoms with Gasteiger partial charge in [-0.1, -0.05) is 11.6 Å². The number of piperidine rings is 1. The third-order valence-electron chi connectivity index (χ3n) is 8.49. The molecule has 3 amide bonds. The number of amides is 3. The summed E-state index contributed by atoms with van der Waals surface area (Å²) in [5.41, 5.74) is -0.633. The number of aliphatic hydroxyl groups is 1. The van der Waals surface area contributed by atoms with E-state index in [9.17, 15) is 32.7 Å². The molecule has 2 saturated heterocycles. The predicted octanol–water partition coefficient (Wildman–Crippen LogP) is 2.80. The van der Waals surface area contributed by atoms with Crippen LogP contribution in [-0.2, 0) is 18.0 Å². The Morgan fingerprint density at radius 1 is 1.09 bits per heavy atom. The molecule has 0 radical (unpaired) electrons. The number of halogens is 4. The van der Waals surface area contributed by atoms with E-state index < -0.39 is 29.8 Å². The van der Waals surface area contributed by atoms with E-state index in [-0.39, 0.29) is 51.2 Å². The van der Waals surface area contributed by atoms with Crippen molar-refractivity contribution in [2.45, 2.75) is 37.6 Å². The largest absolute Gasteiger partial charge is 0.435 e. The second kappa shape index (κ2) is 12.1. The van der Waals surface area contributed by atoms with Crippen LogP contribution >= 0.6 is 11.6 Å². The smallest absolute Gasteiger partial charge is 0.392 e. The molecular weight excluding hydrogens is 617 g/mol. The SMILES string of the molecule is Cn1c(-c2cn(C3CC3)nc2C(F)(F)F)cnc1C(=O)Nc1ccc(C(=O)N2CCN(C(=O)C3CNCCC3O)CC2)c(Cl)c1. The monoisotopic (exact) mass is 648 g/mol. The Bertz CT molecular complexity index is 1630. The fourth-order valence-corrected chi connectivity index (χ4v) is 6.03. The summed E-state index contributed by atoms with van der Waals surface area (Å²) in [5, 5.41) is 19.8. The van der Waals surface area contributed by atoms with Crippen molar-refractivity contribution in [3.63, 3.8) is 0 Å². The summed E-state index contributed by atoms with van der Waals surface area (Å²) in [6.45, 7) is 2.34. The molecule has 0 spiro atoms. The zero-order chi connectivity index (χ0) is 32.0. The number of alkyl halides is 3. The highest BCUT2D eigenvalue weighted by atomic mass is 35.5. The lowest BCUT2D eigenvalue weighted by Gasteiger charge is -2.38. The first-order valence-corrected chi connectivity index (χ1v) is 15.1. The number of carbonyl (C=O) groups is 3. The highest BCUT2D eigenvalue weighted by Gasteiger charge is 2.40. The van der Waals surface area contributed by atoms with Gasteiger partial charge in [0.1, 0.15) is 0 Å². The number of hydrogen-bond donors (Lipinski definition) is 3. The van der Waals surface area contributed by atoms with Gasteiger partial charge >= 0.3 is 6.18 Å². The van der Waals surface area contributed by atoms with Crippen molar-refractivity contribution in [1.29, 1.82) is 0 Å². The van der Waals surface area contributed by atoms with Crippen LogP contribution in [0, 0.1) is 5.92 Å². The predicted molar refractivity (Wildman–Crippen MR) is 157 cm³/mol. The summed E-state index contributed by atoms with van der Waals surface area (Å²) in [7, 11) is 1.45. The maximum absolute atomic E-state index is 13.7. The van der Waals surface area contributed by atoms with Gasteiger partial charge in [-0.25, -0.2) is 4.98 Å². The van der Waals surface area contributed by atoms with Crippen molar-refractivity contribution in [2.75, 3.05) is 44.6 Å². The van der Waals surface area contributed by atoms with Crippen LogP contribution in [0.15, 0.2) is 30.6 Å². The molecule has 0 bridgehead atoms. The van der Waals surface area contributed by atoms with Crippen LogP contribution < -0.4 is 10.6 Å². The minimum atomic E-state index is -4.68. The van der Waals surface area contributed by atoms with Gasteiger partial charge in [-0.3, -0.25) is 19.1 Å². The van der Waals surface area contributed by atoms with Crippen LogP contribution in [0.4, 0.5) is 18.9 Å². The van der Waals surface area contributed by atoms with Crippen molar-refractivity contribution >= 4 is 35.0 Å². The Balaban J connectivity index is 1.10. The molecule has 1 aliphatic carbocycles. The van der Waals surface area contributed by atoms with Gasteiger partial charge in [0.2, 0.25) is 5.91 Å². The third-order valence-corrected chi connectivity index (χ3v) is 8.80. The Labute approximate surface area is 261 Å². The molecule has 4 heterocycles. The molecule has 3 aromatic rings. The first-order chi connectivity index (χ1) is 21.4. The number of benzene rings is 1. The van der Waals surface area contributed by atoms with E-state index >= 15 is 0 Å². The Kier molecular flexibility index (Phi) is 8.35. The zero-order valence-electron chi connectivity index (χ0n) is 24.3. The second-order valence-electron chi connectivity index (χ2n) is 11.6. The summed E-state index contributed by atoms with van der Waals surface area (Å²) in [5.74, 6) is -1.77. The van der Waals surface area contributed by atoms with Gasteiger partial charge < -0.3 is 30.1 Å². The van der Waals surface area contributed by atoms with Gasteiger partial charge in [0, 0.05) is 51.7 Å². The number of hydrogen-bond acceptors (Lipinski definition) is 7. The van der Waals surface area contributed by atoms with Crippen molar-refractivity contribution in [3.05, 3.63) is 52.7 Å². The molecular formula is C29H32ClF3N8O4. The van der Waals surface area contributed by atoms with E-state index in [1.54, 1.807) is 9.80 Å². The summed E-state index contributed by atoms with van der Waals surface area (Å²) in [6.07, 6.45) is -0.797. The number of nitrogens with zero attached hydrogens (tertiary/aromatic N) is 6. The van der Waals surface area contributed by atoms with Crippen molar-refractivity contribution < 1.29 is 32.7 Å². The number of anilines is 1. The number of rotatable bonds is 6. The van der Waals surface area contributed by atoms with E-state index in [2.05, 4.69) is 20.7 Å². The van der Waals surface area contributed by atoms with Crippen LogP contribution in [0.3, 0.4) is 0 Å². The normalized spacial score (nSPS) is 20.8. The molecule has 1 aromatic carbocycles. The fraction of sp³-hybridized carbons (Fsp3) is 0.483. The van der Waals surface area contributed by atoms with Gasteiger partial charge in [0.25, 0.3) is 11.8 Å². The van der Waals surface area contributed by atoms with Gasteiger partial charge in [0.05, 0.1) is 46.1 Å². The first kappa shape index (κ1) is 31.0. The van der Waals surface area contributed by atoms with Gasteiger partial charge in [-0.2, -0.15) is 18.3 Å². The van der Waals surface area contributed by atoms with Crippen molar-refractivity contribution in [3.8, 4) is 11.3 Å². The van der Waals surface area contributed by atoms with Crippen molar-refractivity contribution in [1.82, 2.24) is 34.4 Å². The topological polar surface area (TPSA) is 138 Å². The Morgan fingerprint density at radius 2 is 1.80 bits per heavy atom. The Hall–Kier alpha value is -3.95. The molecule has 240 valence electrons. The van der Waals surface area contributed by atoms with Crippen LogP contribution in [0.2, 0.25) is 5.02 Å². The van der Waals surface area contributed by atoms with Crippen LogP contribution in [0.25, 0.3) is 11.3 Å². The first-order valence-electron chi connectivity index (χ1n) is 14.7. The van der Waals surface area contributed by atoms with E-state index in [1.165, 1.54) is 46.9 Å². The minimum absolute atomic E-state index is 0.0664. The number of aromatic nitrogens is 4. The van der Waals surface area contributed by atoms with E-state index in [4.69, 9.17) is 11.6 Å². The molecule has 6 rings (SSSR count). The van der Waals surface area contributed by atoms with Crippen LogP contribution in [-0.4, -0.2) is 97.3 Å². The number of nitrogens with one attached hydrogen (secondary N) is 2. The van der Waals surface area contributed by atoms with E-state index in [0.717, 1.165) is 12.8 Å². The molecule has 2 unspecified atom stereocenters. The number of aliphatic hydroxyl groups excluding tert-OH is 1. The quantitative estimate of drug-likeness (QED) is 0.374. The lowest BCUT2D eigenvalue weighted by molar-refractivity contribution is -0.142. The molecule has 2 atom stereocenters. The maximum Gasteiger partial charge on any atom is 0.435 e. The molecule has 3 aliphatic rings. The third kappa shape index (κ3) is 6.29. The van der Waals surface area contributed by atoms with Gasteiger partial charge in [-0.05, 0) is 44.0 Å². The van der Waals surface area contributed by atoms with E-state index in [1.807, 2.05) is 0 Å². The highest BCUT2D eigenvalue weighted by Crippen LogP contribution is 2.41. The molecule has 12 nitrogen and oxygen atoms in total. The standard InChI is InChI=1S/C29H32ClF3N8O4/c1-38-22(20-15-41(17-3-4-17)37-24(20)29(31,32)33)14-35-25(38)26(43)36-16-2-5-18(21(30)12-16)27(44)39-8-10-40(11-9-39)28(45)19-13-34-7-6-23(19)42/h2,5,12,14-15,17,19,23,34,42H,3-4,6-11,13H2,1H3,(H,36,43). The molecule has 3 N–H and O–H groups in total. The van der Waals surface area contributed by atoms with E-state index in [0.29, 0.717) is 45.7 Å². The van der Waals surface area contributed by atoms with Crippen molar-refractivity contribution in [2.24, 2.45) is 13.0 Å². The fourth-order valence-electron chi connectivity index (χ4n) is 5.77. The minimum Gasteiger partial charge on any atom is -0.392 e. The lowest BCUT2D eigenvalue weighted by Crippen LogP contribution is -2.55. The average Bonchev–Trinajstić information content (AvgIpc) is 3.64. The Morgan fingerprint density at radius 3 is 2.44 bits per heavy atom. The zero-order valence-corrected chi connectivity index (χ0v) is 25.1. The molecule has 2 aromatic heterocycles. The molecule has 2 aliphatic heterocycles. The molecule has 16 heteroatoms. The van der Waals surface area contributed by atoms with Gasteiger partial charge in [0.15, 0.2) is 11.5 Å². The number of imidazole rings is 1. The summed E-state index contributed by atoms with van der Waals surface area (Å²) < 4.78 is 43.8. The molecule has 1 saturated carbocycles. The van der Waals surface area contributed by atoms with Crippen LogP contribution in [0.1, 0.15) is 52.0 Å². The summed E-state index contributed by atoms with van der Waals surface area (Å²) in [6, 6.07) is 4.32. The van der Waals surface area contributed by atoms with Crippen LogP contribution in [0.5, 0.6) is 0 Å². The number of piperazine rings is 1. The summed E-state index contributed by atoms with van der Waals surface area (Å²) in [4.78, 5) is 46.5. The molecule has 45 heavy (non-hydrogen) atoms. The van der Waals surface area contributed by atoms with Gasteiger partial charge in [-0.15, -0.1) is 0 Å².